The molecule has 3 rings (SSSR count). The van der Waals surface area contributed by atoms with Crippen molar-refractivity contribution < 1.29 is 0 Å². The number of halogens is 1. The van der Waals surface area contributed by atoms with E-state index in [0.717, 1.165) is 15.9 Å². The first-order valence-electron chi connectivity index (χ1n) is 6.63. The molecule has 0 amide bonds. The number of hydrogen-bond donors (Lipinski definition) is 0. The van der Waals surface area contributed by atoms with Gasteiger partial charge in [-0.2, -0.15) is 5.26 Å². The molecule has 3 aromatic rings. The lowest BCUT2D eigenvalue weighted by Gasteiger charge is -2.11. The van der Waals surface area contributed by atoms with Crippen LogP contribution in [0.25, 0.3) is 16.9 Å². The minimum absolute atomic E-state index is 0.641. The van der Waals surface area contributed by atoms with Gasteiger partial charge < -0.3 is 4.57 Å². The monoisotopic (exact) mass is 336 g/mol. The lowest BCUT2D eigenvalue weighted by molar-refractivity contribution is 1.08. The number of aromatic nitrogens is 1. The first-order chi connectivity index (χ1) is 10.2. The predicted octanol–water partition coefficient (Wildman–Crippen LogP) is 5.09. The molecule has 2 nitrogen and oxygen atoms in total. The van der Waals surface area contributed by atoms with Crippen molar-refractivity contribution in [2.75, 3.05) is 0 Å². The number of nitrogens with zero attached hydrogens (tertiary/aromatic N) is 2. The van der Waals surface area contributed by atoms with Crippen molar-refractivity contribution in [2.24, 2.45) is 0 Å². The van der Waals surface area contributed by atoms with E-state index in [-0.39, 0.29) is 0 Å². The third kappa shape index (κ3) is 2.63. The van der Waals surface area contributed by atoms with Gasteiger partial charge in [0.1, 0.15) is 6.07 Å². The van der Waals surface area contributed by atoms with Crippen LogP contribution in [0.5, 0.6) is 0 Å². The Balaban J connectivity index is 2.09. The number of benzene rings is 2. The molecule has 0 saturated heterocycles. The summed E-state index contributed by atoms with van der Waals surface area (Å²) in [4.78, 5) is 0. The van der Waals surface area contributed by atoms with E-state index >= 15 is 0 Å². The zero-order valence-corrected chi connectivity index (χ0v) is 13.1. The van der Waals surface area contributed by atoms with E-state index in [0.29, 0.717) is 5.56 Å². The van der Waals surface area contributed by atoms with Crippen molar-refractivity contribution in [2.45, 2.75) is 6.92 Å². The Labute approximate surface area is 132 Å². The van der Waals surface area contributed by atoms with Crippen LogP contribution in [0.3, 0.4) is 0 Å². The molecule has 0 N–H and O–H groups in total. The van der Waals surface area contributed by atoms with E-state index < -0.39 is 0 Å². The molecule has 0 spiro atoms. The highest BCUT2D eigenvalue weighted by atomic mass is 79.9. The molecule has 102 valence electrons. The molecule has 1 heterocycles. The Bertz CT molecular complexity index is 823. The van der Waals surface area contributed by atoms with Gasteiger partial charge in [-0.25, -0.2) is 0 Å². The summed E-state index contributed by atoms with van der Waals surface area (Å²) in [6, 6.07) is 20.5. The predicted molar refractivity (Wildman–Crippen MR) is 88.4 cm³/mol. The number of rotatable bonds is 2. The fourth-order valence-corrected chi connectivity index (χ4v) is 2.77. The maximum Gasteiger partial charge on any atom is 0.100 e. The molecule has 0 aliphatic rings. The zero-order chi connectivity index (χ0) is 14.8. The minimum atomic E-state index is 0.641. The Morgan fingerprint density at radius 2 is 1.81 bits per heavy atom. The Kier molecular flexibility index (Phi) is 3.64. The first kappa shape index (κ1) is 13.7. The van der Waals surface area contributed by atoms with Gasteiger partial charge in [-0.3, -0.25) is 0 Å². The molecule has 0 atom stereocenters. The maximum atomic E-state index is 9.01. The molecule has 0 radical (unpaired) electrons. The smallest absolute Gasteiger partial charge is 0.100 e. The van der Waals surface area contributed by atoms with Crippen LogP contribution >= 0.6 is 15.9 Å². The molecule has 0 fully saturated rings. The lowest BCUT2D eigenvalue weighted by atomic mass is 10.1. The molecule has 2 aromatic carbocycles. The summed E-state index contributed by atoms with van der Waals surface area (Å²) < 4.78 is 2.93. The normalized spacial score (nSPS) is 10.3. The van der Waals surface area contributed by atoms with E-state index in [1.54, 1.807) is 0 Å². The standard InChI is InChI=1S/C18H13BrN2/c1-13-4-6-14(7-5-13)18-3-2-10-21(18)16-9-8-15(12-20)17(19)11-16/h2-11H,1H3. The number of hydrogen-bond acceptors (Lipinski definition) is 1. The molecule has 21 heavy (non-hydrogen) atoms. The molecule has 0 bridgehead atoms. The second-order valence-electron chi connectivity index (χ2n) is 4.91. The number of aryl methyl sites for hydroxylation is 1. The van der Waals surface area contributed by atoms with Crippen LogP contribution in [0, 0.1) is 18.3 Å². The SMILES string of the molecule is Cc1ccc(-c2cccn2-c2ccc(C#N)c(Br)c2)cc1. The molecule has 0 unspecified atom stereocenters. The Morgan fingerprint density at radius 3 is 2.48 bits per heavy atom. The van der Waals surface area contributed by atoms with Crippen LogP contribution in [0.1, 0.15) is 11.1 Å². The highest BCUT2D eigenvalue weighted by Crippen LogP contribution is 2.27. The summed E-state index contributed by atoms with van der Waals surface area (Å²) in [6.45, 7) is 2.08. The van der Waals surface area contributed by atoms with Gasteiger partial charge in [0.05, 0.1) is 11.3 Å². The van der Waals surface area contributed by atoms with Crippen molar-refractivity contribution in [3.05, 3.63) is 76.4 Å². The lowest BCUT2D eigenvalue weighted by Crippen LogP contribution is -1.95. The molecule has 1 aromatic heterocycles. The first-order valence-corrected chi connectivity index (χ1v) is 7.43. The van der Waals surface area contributed by atoms with E-state index in [2.05, 4.69) is 63.8 Å². The Hall–Kier alpha value is -2.31. The third-order valence-corrected chi connectivity index (χ3v) is 4.10. The highest BCUT2D eigenvalue weighted by Gasteiger charge is 2.07. The molecular weight excluding hydrogens is 324 g/mol. The van der Waals surface area contributed by atoms with Crippen LogP contribution in [0.2, 0.25) is 0 Å². The summed E-state index contributed by atoms with van der Waals surface area (Å²) in [5.41, 5.74) is 5.22. The summed E-state index contributed by atoms with van der Waals surface area (Å²) >= 11 is 3.45. The fraction of sp³-hybridized carbons (Fsp3) is 0.0556. The summed E-state index contributed by atoms with van der Waals surface area (Å²) in [5, 5.41) is 9.01. The maximum absolute atomic E-state index is 9.01. The third-order valence-electron chi connectivity index (χ3n) is 3.45. The van der Waals surface area contributed by atoms with Crippen LogP contribution in [0.4, 0.5) is 0 Å². The van der Waals surface area contributed by atoms with Gasteiger partial charge >= 0.3 is 0 Å². The molecule has 0 saturated carbocycles. The van der Waals surface area contributed by atoms with Gasteiger partial charge in [-0.1, -0.05) is 29.8 Å². The number of nitriles is 1. The van der Waals surface area contributed by atoms with Crippen molar-refractivity contribution in [3.63, 3.8) is 0 Å². The van der Waals surface area contributed by atoms with Gasteiger partial charge in [-0.05, 0) is 58.7 Å². The van der Waals surface area contributed by atoms with E-state index in [1.165, 1.54) is 11.1 Å². The van der Waals surface area contributed by atoms with E-state index in [9.17, 15) is 0 Å². The Morgan fingerprint density at radius 1 is 1.05 bits per heavy atom. The van der Waals surface area contributed by atoms with Crippen molar-refractivity contribution in [3.8, 4) is 23.0 Å². The molecule has 0 aliphatic carbocycles. The minimum Gasteiger partial charge on any atom is -0.317 e. The molecule has 3 heteroatoms. The molecular formula is C18H13BrN2. The molecule has 0 aliphatic heterocycles. The van der Waals surface area contributed by atoms with Gasteiger partial charge in [0, 0.05) is 16.4 Å². The summed E-state index contributed by atoms with van der Waals surface area (Å²) in [7, 11) is 0. The quantitative estimate of drug-likeness (QED) is 0.640. The average molecular weight is 337 g/mol. The van der Waals surface area contributed by atoms with Crippen LogP contribution < -0.4 is 0 Å². The largest absolute Gasteiger partial charge is 0.317 e. The van der Waals surface area contributed by atoms with Crippen LogP contribution in [-0.4, -0.2) is 4.57 Å². The summed E-state index contributed by atoms with van der Waals surface area (Å²) in [5.74, 6) is 0. The second kappa shape index (κ2) is 5.59. The van der Waals surface area contributed by atoms with E-state index in [4.69, 9.17) is 5.26 Å². The van der Waals surface area contributed by atoms with Gasteiger partial charge in [-0.15, -0.1) is 0 Å². The van der Waals surface area contributed by atoms with Gasteiger partial charge in [0.2, 0.25) is 0 Å². The van der Waals surface area contributed by atoms with Crippen molar-refractivity contribution in [1.29, 1.82) is 5.26 Å². The zero-order valence-electron chi connectivity index (χ0n) is 11.5. The van der Waals surface area contributed by atoms with Gasteiger partial charge in [0.25, 0.3) is 0 Å². The van der Waals surface area contributed by atoms with Crippen molar-refractivity contribution in [1.82, 2.24) is 4.57 Å². The van der Waals surface area contributed by atoms with Crippen molar-refractivity contribution >= 4 is 15.9 Å². The average Bonchev–Trinajstić information content (AvgIpc) is 2.97. The highest BCUT2D eigenvalue weighted by molar-refractivity contribution is 9.10. The second-order valence-corrected chi connectivity index (χ2v) is 5.76. The summed E-state index contributed by atoms with van der Waals surface area (Å²) in [6.07, 6.45) is 2.03. The topological polar surface area (TPSA) is 28.7 Å². The van der Waals surface area contributed by atoms with E-state index in [1.807, 2.05) is 30.5 Å². The van der Waals surface area contributed by atoms with Gasteiger partial charge in [0.15, 0.2) is 0 Å². The fourth-order valence-electron chi connectivity index (χ4n) is 2.31. The van der Waals surface area contributed by atoms with Crippen LogP contribution in [-0.2, 0) is 0 Å². The van der Waals surface area contributed by atoms with Crippen LogP contribution in [0.15, 0.2) is 65.3 Å².